The van der Waals surface area contributed by atoms with E-state index in [0.717, 1.165) is 19.5 Å². The fraction of sp³-hybridized carbons (Fsp3) is 0.583. The highest BCUT2D eigenvalue weighted by Gasteiger charge is 2.29. The van der Waals surface area contributed by atoms with Crippen molar-refractivity contribution in [2.75, 3.05) is 13.1 Å². The largest absolute Gasteiger partial charge is 0.337 e. The van der Waals surface area contributed by atoms with E-state index in [-0.39, 0.29) is 5.91 Å². The van der Waals surface area contributed by atoms with Crippen LogP contribution in [-0.4, -0.2) is 34.1 Å². The second kappa shape index (κ2) is 4.60. The summed E-state index contributed by atoms with van der Waals surface area (Å²) in [5.74, 6) is 1.27. The summed E-state index contributed by atoms with van der Waals surface area (Å²) in [5.41, 5.74) is 0.451. The van der Waals surface area contributed by atoms with Crippen LogP contribution < -0.4 is 0 Å². The molecule has 0 unspecified atom stereocenters. The minimum absolute atomic E-state index is 0.0104. The van der Waals surface area contributed by atoms with Crippen LogP contribution in [0.2, 0.25) is 0 Å². The summed E-state index contributed by atoms with van der Waals surface area (Å²) in [6.45, 7) is 6.12. The summed E-state index contributed by atoms with van der Waals surface area (Å²) in [6.07, 6.45) is 2.68. The summed E-state index contributed by atoms with van der Waals surface area (Å²) < 4.78 is 0. The van der Waals surface area contributed by atoms with Crippen LogP contribution in [-0.2, 0) is 0 Å². The van der Waals surface area contributed by atoms with E-state index in [0.29, 0.717) is 17.5 Å². The lowest BCUT2D eigenvalue weighted by atomic mass is 9.95. The Kier molecular flexibility index (Phi) is 3.17. The molecule has 1 aliphatic heterocycles. The van der Waals surface area contributed by atoms with Crippen molar-refractivity contribution in [2.24, 2.45) is 11.8 Å². The van der Waals surface area contributed by atoms with Crippen LogP contribution in [0.5, 0.6) is 0 Å². The van der Waals surface area contributed by atoms with Crippen molar-refractivity contribution in [2.45, 2.75) is 20.3 Å². The molecule has 0 aromatic carbocycles. The summed E-state index contributed by atoms with van der Waals surface area (Å²) in [4.78, 5) is 13.9. The van der Waals surface area contributed by atoms with Gasteiger partial charge in [-0.25, -0.2) is 0 Å². The molecule has 1 aliphatic rings. The Morgan fingerprint density at radius 3 is 2.94 bits per heavy atom. The standard InChI is InChI=1S/C12H17N3O/c1-9(2)10-5-7-15(8-10)12(16)11-4-3-6-13-14-11/h3-4,6,9-10H,5,7-8H2,1-2H3/t10-/m1/s1. The Labute approximate surface area is 95.7 Å². The van der Waals surface area contributed by atoms with Crippen LogP contribution in [0.1, 0.15) is 30.8 Å². The Hall–Kier alpha value is -1.45. The molecule has 1 aromatic heterocycles. The maximum absolute atomic E-state index is 12.0. The molecule has 0 spiro atoms. The molecule has 4 nitrogen and oxygen atoms in total. The van der Waals surface area contributed by atoms with Crippen LogP contribution >= 0.6 is 0 Å². The van der Waals surface area contributed by atoms with Crippen molar-refractivity contribution in [3.8, 4) is 0 Å². The zero-order chi connectivity index (χ0) is 11.5. The number of likely N-dealkylation sites (tertiary alicyclic amines) is 1. The molecule has 0 aliphatic carbocycles. The Bertz CT molecular complexity index is 364. The van der Waals surface area contributed by atoms with Gasteiger partial charge in [-0.15, -0.1) is 5.10 Å². The first kappa shape index (κ1) is 11.0. The molecule has 1 amide bonds. The Morgan fingerprint density at radius 2 is 2.38 bits per heavy atom. The predicted octanol–water partition coefficient (Wildman–Crippen LogP) is 1.59. The monoisotopic (exact) mass is 219 g/mol. The van der Waals surface area contributed by atoms with E-state index in [2.05, 4.69) is 24.0 Å². The van der Waals surface area contributed by atoms with Gasteiger partial charge in [0.05, 0.1) is 0 Å². The number of hydrogen-bond acceptors (Lipinski definition) is 3. The second-order valence-corrected chi connectivity index (χ2v) is 4.65. The number of rotatable bonds is 2. The topological polar surface area (TPSA) is 46.1 Å². The molecule has 86 valence electrons. The van der Waals surface area contributed by atoms with E-state index in [1.807, 2.05) is 4.90 Å². The molecule has 2 rings (SSSR count). The lowest BCUT2D eigenvalue weighted by molar-refractivity contribution is 0.0777. The molecule has 0 saturated carbocycles. The van der Waals surface area contributed by atoms with Crippen molar-refractivity contribution in [1.82, 2.24) is 15.1 Å². The summed E-state index contributed by atoms with van der Waals surface area (Å²) in [5, 5.41) is 7.59. The van der Waals surface area contributed by atoms with Gasteiger partial charge in [-0.3, -0.25) is 4.79 Å². The number of amides is 1. The van der Waals surface area contributed by atoms with Crippen LogP contribution in [0.25, 0.3) is 0 Å². The molecule has 1 aromatic rings. The van der Waals surface area contributed by atoms with E-state index in [1.54, 1.807) is 18.3 Å². The van der Waals surface area contributed by atoms with Gasteiger partial charge in [-0.1, -0.05) is 13.8 Å². The molecule has 4 heteroatoms. The molecular formula is C12H17N3O. The van der Waals surface area contributed by atoms with Gasteiger partial charge in [0.15, 0.2) is 5.69 Å². The second-order valence-electron chi connectivity index (χ2n) is 4.65. The summed E-state index contributed by atoms with van der Waals surface area (Å²) in [7, 11) is 0. The minimum Gasteiger partial charge on any atom is -0.337 e. The van der Waals surface area contributed by atoms with E-state index < -0.39 is 0 Å². The van der Waals surface area contributed by atoms with Gasteiger partial charge in [0.1, 0.15) is 0 Å². The average Bonchev–Trinajstić information content (AvgIpc) is 2.78. The maximum Gasteiger partial charge on any atom is 0.274 e. The lowest BCUT2D eigenvalue weighted by Crippen LogP contribution is -2.30. The zero-order valence-electron chi connectivity index (χ0n) is 9.76. The third kappa shape index (κ3) is 2.21. The lowest BCUT2D eigenvalue weighted by Gasteiger charge is -2.17. The van der Waals surface area contributed by atoms with Gasteiger partial charge < -0.3 is 4.90 Å². The first-order chi connectivity index (χ1) is 7.68. The number of carbonyl (C=O) groups excluding carboxylic acids is 1. The fourth-order valence-corrected chi connectivity index (χ4v) is 2.09. The molecule has 16 heavy (non-hydrogen) atoms. The zero-order valence-corrected chi connectivity index (χ0v) is 9.76. The highest BCUT2D eigenvalue weighted by molar-refractivity contribution is 5.92. The molecular weight excluding hydrogens is 202 g/mol. The number of hydrogen-bond donors (Lipinski definition) is 0. The van der Waals surface area contributed by atoms with Crippen LogP contribution in [0.4, 0.5) is 0 Å². The number of nitrogens with zero attached hydrogens (tertiary/aromatic N) is 3. The Morgan fingerprint density at radius 1 is 1.56 bits per heavy atom. The van der Waals surface area contributed by atoms with Crippen LogP contribution in [0.15, 0.2) is 18.3 Å². The highest BCUT2D eigenvalue weighted by Crippen LogP contribution is 2.24. The van der Waals surface area contributed by atoms with Gasteiger partial charge in [-0.2, -0.15) is 5.10 Å². The van der Waals surface area contributed by atoms with Crippen molar-refractivity contribution in [3.05, 3.63) is 24.0 Å². The quantitative estimate of drug-likeness (QED) is 0.759. The molecule has 0 N–H and O–H groups in total. The number of aromatic nitrogens is 2. The van der Waals surface area contributed by atoms with E-state index >= 15 is 0 Å². The SMILES string of the molecule is CC(C)[C@@H]1CCN(C(=O)c2cccnn2)C1. The average molecular weight is 219 g/mol. The van der Waals surface area contributed by atoms with E-state index in [4.69, 9.17) is 0 Å². The molecule has 1 fully saturated rings. The molecule has 0 radical (unpaired) electrons. The minimum atomic E-state index is 0.0104. The van der Waals surface area contributed by atoms with Crippen LogP contribution in [0, 0.1) is 11.8 Å². The van der Waals surface area contributed by atoms with Gasteiger partial charge >= 0.3 is 0 Å². The first-order valence-electron chi connectivity index (χ1n) is 5.75. The normalized spacial score (nSPS) is 20.4. The fourth-order valence-electron chi connectivity index (χ4n) is 2.09. The van der Waals surface area contributed by atoms with E-state index in [9.17, 15) is 4.79 Å². The predicted molar refractivity (Wildman–Crippen MR) is 60.9 cm³/mol. The molecule has 0 bridgehead atoms. The third-order valence-electron chi connectivity index (χ3n) is 3.25. The summed E-state index contributed by atoms with van der Waals surface area (Å²) >= 11 is 0. The highest BCUT2D eigenvalue weighted by atomic mass is 16.2. The van der Waals surface area contributed by atoms with Gasteiger partial charge in [0.2, 0.25) is 0 Å². The smallest absolute Gasteiger partial charge is 0.274 e. The van der Waals surface area contributed by atoms with E-state index in [1.165, 1.54) is 0 Å². The first-order valence-corrected chi connectivity index (χ1v) is 5.75. The van der Waals surface area contributed by atoms with Crippen LogP contribution in [0.3, 0.4) is 0 Å². The number of carbonyl (C=O) groups is 1. The third-order valence-corrected chi connectivity index (χ3v) is 3.25. The van der Waals surface area contributed by atoms with Crippen molar-refractivity contribution < 1.29 is 4.79 Å². The molecule has 1 atom stereocenters. The van der Waals surface area contributed by atoms with Crippen molar-refractivity contribution >= 4 is 5.91 Å². The maximum atomic E-state index is 12.0. The Balaban J connectivity index is 2.03. The van der Waals surface area contributed by atoms with Gasteiger partial charge in [-0.05, 0) is 30.4 Å². The molecule has 1 saturated heterocycles. The summed E-state index contributed by atoms with van der Waals surface area (Å²) in [6, 6.07) is 3.47. The van der Waals surface area contributed by atoms with Crippen molar-refractivity contribution in [1.29, 1.82) is 0 Å². The van der Waals surface area contributed by atoms with Crippen molar-refractivity contribution in [3.63, 3.8) is 0 Å². The van der Waals surface area contributed by atoms with Gasteiger partial charge in [0, 0.05) is 19.3 Å². The van der Waals surface area contributed by atoms with Gasteiger partial charge in [0.25, 0.3) is 5.91 Å². The molecule has 2 heterocycles.